The first-order valence-corrected chi connectivity index (χ1v) is 16.8. The predicted molar refractivity (Wildman–Crippen MR) is 178 cm³/mol. The Kier molecular flexibility index (Phi) is 9.14. The number of rotatable bonds is 5. The van der Waals surface area contributed by atoms with Crippen LogP contribution in [0.4, 0.5) is 5.95 Å². The van der Waals surface area contributed by atoms with Crippen LogP contribution in [-0.4, -0.2) is 31.0 Å². The van der Waals surface area contributed by atoms with Gasteiger partial charge < -0.3 is 10.1 Å². The summed E-state index contributed by atoms with van der Waals surface area (Å²) in [6.45, 7) is 16.1. The summed E-state index contributed by atoms with van der Waals surface area (Å²) in [5.41, 5.74) is 7.03. The minimum absolute atomic E-state index is 0.0213. The van der Waals surface area contributed by atoms with Crippen molar-refractivity contribution in [3.63, 3.8) is 0 Å². The number of aromatic nitrogens is 2. The van der Waals surface area contributed by atoms with Gasteiger partial charge in [0, 0.05) is 30.1 Å². The zero-order valence-electron chi connectivity index (χ0n) is 26.8. The third kappa shape index (κ3) is 7.30. The normalized spacial score (nSPS) is 17.4. The van der Waals surface area contributed by atoms with Crippen LogP contribution in [0.5, 0.6) is 5.88 Å². The lowest BCUT2D eigenvalue weighted by Gasteiger charge is -2.31. The lowest BCUT2D eigenvalue weighted by atomic mass is 9.80. The monoisotopic (exact) mass is 612 g/mol. The van der Waals surface area contributed by atoms with E-state index < -0.39 is 10.0 Å². The molecule has 0 saturated carbocycles. The van der Waals surface area contributed by atoms with Crippen LogP contribution >= 0.6 is 0 Å². The van der Waals surface area contributed by atoms with Crippen molar-refractivity contribution in [2.75, 3.05) is 11.3 Å². The summed E-state index contributed by atoms with van der Waals surface area (Å²) in [6, 6.07) is 23.7. The highest BCUT2D eigenvalue weighted by atomic mass is 32.2. The summed E-state index contributed by atoms with van der Waals surface area (Å²) >= 11 is 0. The molecule has 2 N–H and O–H groups in total. The lowest BCUT2D eigenvalue weighted by Crippen LogP contribution is -2.40. The molecule has 7 nitrogen and oxygen atoms in total. The molecule has 232 valence electrons. The van der Waals surface area contributed by atoms with Crippen LogP contribution in [0.15, 0.2) is 77.7 Å². The number of nitrogens with zero attached hydrogens (tertiary/aromatic N) is 2. The minimum atomic E-state index is -3.94. The number of sulfonamides is 1. The molecule has 1 aliphatic heterocycles. The second-order valence-corrected chi connectivity index (χ2v) is 15.0. The van der Waals surface area contributed by atoms with Crippen molar-refractivity contribution in [2.45, 2.75) is 83.7 Å². The second-order valence-electron chi connectivity index (χ2n) is 13.3. The van der Waals surface area contributed by atoms with Crippen LogP contribution in [-0.2, 0) is 22.0 Å². The van der Waals surface area contributed by atoms with Gasteiger partial charge in [-0.05, 0) is 71.6 Å². The predicted octanol–water partition coefficient (Wildman–Crippen LogP) is 7.54. The Bertz CT molecular complexity index is 1720. The molecule has 1 aliphatic rings. The number of ether oxygens (including phenoxy) is 1. The Labute approximate surface area is 262 Å². The molecule has 44 heavy (non-hydrogen) atoms. The molecule has 8 heteroatoms. The van der Waals surface area contributed by atoms with E-state index in [9.17, 15) is 8.42 Å². The Morgan fingerprint density at radius 1 is 0.932 bits per heavy atom. The van der Waals surface area contributed by atoms with E-state index in [2.05, 4.69) is 78.9 Å². The fourth-order valence-electron chi connectivity index (χ4n) is 5.91. The third-order valence-electron chi connectivity index (χ3n) is 8.25. The number of fused-ring (bicyclic) bond motifs is 4. The van der Waals surface area contributed by atoms with Crippen LogP contribution in [0, 0.1) is 19.8 Å². The van der Waals surface area contributed by atoms with E-state index in [1.165, 1.54) is 11.1 Å². The van der Waals surface area contributed by atoms with Gasteiger partial charge in [0.1, 0.15) is 6.61 Å². The number of benzene rings is 3. The first kappa shape index (κ1) is 31.7. The second kappa shape index (κ2) is 12.7. The van der Waals surface area contributed by atoms with Crippen LogP contribution < -0.4 is 14.8 Å². The third-order valence-corrected chi connectivity index (χ3v) is 9.57. The molecule has 0 aliphatic carbocycles. The van der Waals surface area contributed by atoms with Gasteiger partial charge in [-0.15, -0.1) is 0 Å². The summed E-state index contributed by atoms with van der Waals surface area (Å²) in [5, 5.41) is 3.75. The smallest absolute Gasteiger partial charge is 0.264 e. The summed E-state index contributed by atoms with van der Waals surface area (Å²) in [7, 11) is -3.94. The first-order chi connectivity index (χ1) is 20.8. The van der Waals surface area contributed by atoms with Gasteiger partial charge in [0.15, 0.2) is 0 Å². The van der Waals surface area contributed by atoms with Gasteiger partial charge in [-0.3, -0.25) is 0 Å². The number of anilines is 1. The van der Waals surface area contributed by atoms with Gasteiger partial charge in [0.05, 0.1) is 10.6 Å². The molecule has 0 spiro atoms. The molecule has 5 rings (SSSR count). The van der Waals surface area contributed by atoms with E-state index in [1.807, 2.05) is 44.2 Å². The van der Waals surface area contributed by atoms with Crippen molar-refractivity contribution >= 4 is 16.0 Å². The standard InChI is InChI=1S/C36H44N4O3S/c1-23(2)17-30(27-14-10-15-28(19-27)36(5,6)7)32-22-43-33-20-31(34-24(3)11-8-12-25(34)4)38-35(39-33)40-44(41,42)29-16-9-13-26(18-29)21-37-32/h8-16,18-20,23,30,32,37H,17,21-22H2,1-7H3,(H,38,39,40). The molecule has 4 aromatic rings. The maximum Gasteiger partial charge on any atom is 0.264 e. The minimum Gasteiger partial charge on any atom is -0.476 e. The fourth-order valence-corrected chi connectivity index (χ4v) is 6.92. The van der Waals surface area contributed by atoms with E-state index in [1.54, 1.807) is 18.2 Å². The zero-order valence-corrected chi connectivity index (χ0v) is 27.6. The highest BCUT2D eigenvalue weighted by Crippen LogP contribution is 2.33. The van der Waals surface area contributed by atoms with E-state index in [4.69, 9.17) is 4.74 Å². The maximum atomic E-state index is 13.5. The maximum absolute atomic E-state index is 13.5. The van der Waals surface area contributed by atoms with Crippen LogP contribution in [0.25, 0.3) is 11.3 Å². The lowest BCUT2D eigenvalue weighted by molar-refractivity contribution is 0.224. The summed E-state index contributed by atoms with van der Waals surface area (Å²) in [4.78, 5) is 9.36. The van der Waals surface area contributed by atoms with Crippen molar-refractivity contribution in [1.82, 2.24) is 15.3 Å². The van der Waals surface area contributed by atoms with Crippen LogP contribution in [0.3, 0.4) is 0 Å². The Morgan fingerprint density at radius 2 is 1.64 bits per heavy atom. The van der Waals surface area contributed by atoms with E-state index >= 15 is 0 Å². The molecule has 4 bridgehead atoms. The number of nitrogens with one attached hydrogen (secondary N) is 2. The number of hydrogen-bond acceptors (Lipinski definition) is 6. The fraction of sp³-hybridized carbons (Fsp3) is 0.389. The quantitative estimate of drug-likeness (QED) is 0.242. The van der Waals surface area contributed by atoms with Crippen LogP contribution in [0.1, 0.15) is 74.8 Å². The van der Waals surface area contributed by atoms with Gasteiger partial charge in [-0.2, -0.15) is 4.98 Å². The topological polar surface area (TPSA) is 93.2 Å². The molecule has 1 aromatic heterocycles. The number of aryl methyl sites for hydroxylation is 2. The molecular weight excluding hydrogens is 568 g/mol. The van der Waals surface area contributed by atoms with Gasteiger partial charge in [-0.25, -0.2) is 18.1 Å². The van der Waals surface area contributed by atoms with Gasteiger partial charge in [0.25, 0.3) is 10.0 Å². The SMILES string of the molecule is Cc1cccc(C)c1-c1cc2nc(n1)NS(=O)(=O)c1cccc(c1)CNC(C(CC(C)C)c1cccc(C(C)(C)C)c1)CO2. The van der Waals surface area contributed by atoms with E-state index in [-0.39, 0.29) is 28.2 Å². The van der Waals surface area contributed by atoms with Crippen molar-refractivity contribution in [2.24, 2.45) is 5.92 Å². The largest absolute Gasteiger partial charge is 0.476 e. The van der Waals surface area contributed by atoms with Crippen molar-refractivity contribution < 1.29 is 13.2 Å². The Morgan fingerprint density at radius 3 is 2.34 bits per heavy atom. The average Bonchev–Trinajstić information content (AvgIpc) is 2.95. The van der Waals surface area contributed by atoms with E-state index in [0.717, 1.165) is 28.7 Å². The van der Waals surface area contributed by atoms with Crippen LogP contribution in [0.2, 0.25) is 0 Å². The summed E-state index contributed by atoms with van der Waals surface area (Å²) in [5.74, 6) is 0.890. The average molecular weight is 613 g/mol. The van der Waals surface area contributed by atoms with Crippen molar-refractivity contribution in [3.05, 3.63) is 101 Å². The van der Waals surface area contributed by atoms with Gasteiger partial charge >= 0.3 is 0 Å². The molecule has 2 heterocycles. The molecule has 0 radical (unpaired) electrons. The highest BCUT2D eigenvalue weighted by molar-refractivity contribution is 7.92. The number of hydrogen-bond donors (Lipinski definition) is 2. The molecule has 0 fully saturated rings. The van der Waals surface area contributed by atoms with E-state index in [0.29, 0.717) is 30.6 Å². The van der Waals surface area contributed by atoms with Gasteiger partial charge in [-0.1, -0.05) is 89.2 Å². The van der Waals surface area contributed by atoms with Crippen molar-refractivity contribution in [1.29, 1.82) is 0 Å². The zero-order chi connectivity index (χ0) is 31.6. The molecule has 2 unspecified atom stereocenters. The van der Waals surface area contributed by atoms with Gasteiger partial charge in [0.2, 0.25) is 11.8 Å². The molecule has 0 amide bonds. The molecule has 0 saturated heterocycles. The molecule has 2 atom stereocenters. The Hall–Kier alpha value is -3.75. The summed E-state index contributed by atoms with van der Waals surface area (Å²) < 4.78 is 36.1. The Balaban J connectivity index is 1.63. The molecular formula is C36H44N4O3S. The summed E-state index contributed by atoms with van der Waals surface area (Å²) in [6.07, 6.45) is 0.952. The molecule has 3 aromatic carbocycles. The highest BCUT2D eigenvalue weighted by Gasteiger charge is 2.28. The van der Waals surface area contributed by atoms with Crippen molar-refractivity contribution in [3.8, 4) is 17.1 Å². The first-order valence-electron chi connectivity index (χ1n) is 15.3.